The third-order valence-corrected chi connectivity index (χ3v) is 7.47. The summed E-state index contributed by atoms with van der Waals surface area (Å²) < 4.78 is 4.71. The Hall–Kier alpha value is -3.57. The van der Waals surface area contributed by atoms with Gasteiger partial charge in [0.2, 0.25) is 5.91 Å². The summed E-state index contributed by atoms with van der Waals surface area (Å²) in [6.45, 7) is 0.373. The van der Waals surface area contributed by atoms with Gasteiger partial charge in [-0.15, -0.1) is 0 Å². The highest BCUT2D eigenvalue weighted by Crippen LogP contribution is 2.32. The molecule has 5 nitrogen and oxygen atoms in total. The van der Waals surface area contributed by atoms with Crippen molar-refractivity contribution in [3.05, 3.63) is 89.0 Å². The first-order valence-electron chi connectivity index (χ1n) is 13.1. The normalized spacial score (nSPS) is 13.9. The van der Waals surface area contributed by atoms with Crippen molar-refractivity contribution in [1.29, 1.82) is 0 Å². The van der Waals surface area contributed by atoms with Crippen LogP contribution in [0.5, 0.6) is 0 Å². The Morgan fingerprint density at radius 1 is 0.921 bits per heavy atom. The SMILES string of the molecule is COC(=O)C=Cc1cccc(N(Cc2ccc(-c3ccc(N(C)C)cc3)cc2Cl)C(=O)C2CCCCC2)c1. The summed E-state index contributed by atoms with van der Waals surface area (Å²) in [5, 5.41) is 0.627. The summed E-state index contributed by atoms with van der Waals surface area (Å²) in [5.74, 6) is -0.293. The fraction of sp³-hybridized carbons (Fsp3) is 0.312. The lowest BCUT2D eigenvalue weighted by Gasteiger charge is -2.30. The third-order valence-electron chi connectivity index (χ3n) is 7.11. The van der Waals surface area contributed by atoms with Crippen LogP contribution in [0.1, 0.15) is 43.2 Å². The molecule has 6 heteroatoms. The van der Waals surface area contributed by atoms with E-state index in [4.69, 9.17) is 16.3 Å². The molecule has 3 aromatic carbocycles. The van der Waals surface area contributed by atoms with E-state index in [-0.39, 0.29) is 11.8 Å². The number of rotatable bonds is 8. The zero-order valence-corrected chi connectivity index (χ0v) is 23.1. The van der Waals surface area contributed by atoms with Gasteiger partial charge >= 0.3 is 5.97 Å². The molecule has 1 saturated carbocycles. The maximum Gasteiger partial charge on any atom is 0.330 e. The zero-order chi connectivity index (χ0) is 27.1. The van der Waals surface area contributed by atoms with Crippen molar-refractivity contribution in [3.63, 3.8) is 0 Å². The molecule has 1 aliphatic rings. The summed E-state index contributed by atoms with van der Waals surface area (Å²) >= 11 is 6.81. The maximum atomic E-state index is 13.8. The van der Waals surface area contributed by atoms with E-state index in [1.54, 1.807) is 6.08 Å². The Kier molecular flexibility index (Phi) is 9.24. The first kappa shape index (κ1) is 27.5. The van der Waals surface area contributed by atoms with Crippen molar-refractivity contribution in [3.8, 4) is 11.1 Å². The number of anilines is 2. The van der Waals surface area contributed by atoms with Crippen molar-refractivity contribution >= 4 is 40.9 Å². The largest absolute Gasteiger partial charge is 0.466 e. The second kappa shape index (κ2) is 12.8. The molecule has 1 fully saturated rings. The lowest BCUT2D eigenvalue weighted by Crippen LogP contribution is -2.36. The highest BCUT2D eigenvalue weighted by Gasteiger charge is 2.27. The quantitative estimate of drug-likeness (QED) is 0.225. The average Bonchev–Trinajstić information content (AvgIpc) is 2.95. The topological polar surface area (TPSA) is 49.9 Å². The first-order valence-corrected chi connectivity index (χ1v) is 13.5. The fourth-order valence-corrected chi connectivity index (χ4v) is 5.11. The van der Waals surface area contributed by atoms with E-state index in [1.807, 2.05) is 55.4 Å². The van der Waals surface area contributed by atoms with Gasteiger partial charge in [0.25, 0.3) is 0 Å². The Labute approximate surface area is 230 Å². The summed E-state index contributed by atoms with van der Waals surface area (Å²) in [4.78, 5) is 29.3. The highest BCUT2D eigenvalue weighted by atomic mass is 35.5. The fourth-order valence-electron chi connectivity index (χ4n) is 4.87. The maximum absolute atomic E-state index is 13.8. The standard InChI is InChI=1S/C32H35ClN2O3/c1-34(2)28-17-15-24(16-18-28)26-13-14-27(30(33)21-26)22-35(32(37)25-9-5-4-6-10-25)29-11-7-8-23(20-29)12-19-31(36)38-3/h7-8,11-21,25H,4-6,9-10,22H2,1-3H3. The van der Waals surface area contributed by atoms with Gasteiger partial charge in [-0.3, -0.25) is 4.79 Å². The predicted octanol–water partition coefficient (Wildman–Crippen LogP) is 7.37. The van der Waals surface area contributed by atoms with Crippen LogP contribution >= 0.6 is 11.6 Å². The van der Waals surface area contributed by atoms with E-state index >= 15 is 0 Å². The molecule has 0 aromatic heterocycles. The Bertz CT molecular complexity index is 1290. The lowest BCUT2D eigenvalue weighted by atomic mass is 9.88. The van der Waals surface area contributed by atoms with Gasteiger partial charge in [-0.25, -0.2) is 4.79 Å². The van der Waals surface area contributed by atoms with Crippen LogP contribution in [0.25, 0.3) is 17.2 Å². The minimum absolute atomic E-state index is 0.00581. The Balaban J connectivity index is 1.63. The smallest absolute Gasteiger partial charge is 0.330 e. The molecule has 38 heavy (non-hydrogen) atoms. The number of carbonyl (C=O) groups excluding carboxylic acids is 2. The Morgan fingerprint density at radius 3 is 2.29 bits per heavy atom. The van der Waals surface area contributed by atoms with Gasteiger partial charge in [0.15, 0.2) is 0 Å². The predicted molar refractivity (Wildman–Crippen MR) is 156 cm³/mol. The van der Waals surface area contributed by atoms with Gasteiger partial charge in [0.1, 0.15) is 0 Å². The molecule has 0 N–H and O–H groups in total. The number of esters is 1. The van der Waals surface area contributed by atoms with Crippen molar-refractivity contribution < 1.29 is 14.3 Å². The van der Waals surface area contributed by atoms with Crippen LogP contribution in [0, 0.1) is 5.92 Å². The zero-order valence-electron chi connectivity index (χ0n) is 22.3. The third kappa shape index (κ3) is 6.84. The number of hydrogen-bond acceptors (Lipinski definition) is 4. The number of carbonyl (C=O) groups is 2. The molecule has 0 aliphatic heterocycles. The monoisotopic (exact) mass is 530 g/mol. The second-order valence-corrected chi connectivity index (χ2v) is 10.4. The summed E-state index contributed by atoms with van der Waals surface area (Å²) in [7, 11) is 5.39. The minimum Gasteiger partial charge on any atom is -0.466 e. The molecule has 0 saturated heterocycles. The molecular weight excluding hydrogens is 496 g/mol. The van der Waals surface area contributed by atoms with Crippen LogP contribution in [0.2, 0.25) is 5.02 Å². The van der Waals surface area contributed by atoms with Crippen molar-refractivity contribution in [2.75, 3.05) is 31.0 Å². The number of ether oxygens (including phenoxy) is 1. The van der Waals surface area contributed by atoms with E-state index in [1.165, 1.54) is 19.6 Å². The van der Waals surface area contributed by atoms with Crippen LogP contribution in [-0.4, -0.2) is 33.1 Å². The van der Waals surface area contributed by atoms with Gasteiger partial charge in [-0.1, -0.05) is 67.3 Å². The van der Waals surface area contributed by atoms with Gasteiger partial charge in [0.05, 0.1) is 13.7 Å². The number of hydrogen-bond donors (Lipinski definition) is 0. The lowest BCUT2D eigenvalue weighted by molar-refractivity contribution is -0.134. The van der Waals surface area contributed by atoms with Crippen molar-refractivity contribution in [2.45, 2.75) is 38.6 Å². The molecule has 0 unspecified atom stereocenters. The van der Waals surface area contributed by atoms with Gasteiger partial charge in [0, 0.05) is 42.5 Å². The van der Waals surface area contributed by atoms with Crippen LogP contribution in [-0.2, 0) is 20.9 Å². The molecule has 3 aromatic rings. The van der Waals surface area contributed by atoms with Gasteiger partial charge in [-0.05, 0) is 71.5 Å². The van der Waals surface area contributed by atoms with Crippen LogP contribution < -0.4 is 9.80 Å². The molecule has 0 spiro atoms. The van der Waals surface area contributed by atoms with Gasteiger partial charge < -0.3 is 14.5 Å². The molecular formula is C32H35ClN2O3. The van der Waals surface area contributed by atoms with E-state index in [0.717, 1.165) is 59.3 Å². The molecule has 0 radical (unpaired) electrons. The van der Waals surface area contributed by atoms with Gasteiger partial charge in [-0.2, -0.15) is 0 Å². The molecule has 198 valence electrons. The van der Waals surface area contributed by atoms with Crippen LogP contribution in [0.4, 0.5) is 11.4 Å². The average molecular weight is 531 g/mol. The van der Waals surface area contributed by atoms with E-state index in [9.17, 15) is 9.59 Å². The molecule has 0 bridgehead atoms. The number of methoxy groups -OCH3 is 1. The Morgan fingerprint density at radius 2 is 1.63 bits per heavy atom. The van der Waals surface area contributed by atoms with Crippen LogP contribution in [0.15, 0.2) is 72.8 Å². The summed E-state index contributed by atoms with van der Waals surface area (Å²) in [6.07, 6.45) is 8.23. The van der Waals surface area contributed by atoms with Crippen molar-refractivity contribution in [2.24, 2.45) is 5.92 Å². The number of benzene rings is 3. The summed E-state index contributed by atoms with van der Waals surface area (Å²) in [6, 6.07) is 22.1. The first-order chi connectivity index (χ1) is 18.4. The number of amides is 1. The highest BCUT2D eigenvalue weighted by molar-refractivity contribution is 6.31. The molecule has 0 atom stereocenters. The van der Waals surface area contributed by atoms with E-state index in [0.29, 0.717) is 11.6 Å². The van der Waals surface area contributed by atoms with E-state index < -0.39 is 5.97 Å². The molecule has 1 aliphatic carbocycles. The number of nitrogens with zero attached hydrogens (tertiary/aromatic N) is 2. The molecule has 4 rings (SSSR count). The molecule has 0 heterocycles. The second-order valence-electron chi connectivity index (χ2n) is 9.96. The minimum atomic E-state index is -0.422. The van der Waals surface area contributed by atoms with Crippen LogP contribution in [0.3, 0.4) is 0 Å². The summed E-state index contributed by atoms with van der Waals surface area (Å²) in [5.41, 5.74) is 5.74. The van der Waals surface area contributed by atoms with E-state index in [2.05, 4.69) is 35.2 Å². The number of halogens is 1. The van der Waals surface area contributed by atoms with Crippen molar-refractivity contribution in [1.82, 2.24) is 0 Å². The molecule has 1 amide bonds.